The molecule has 0 radical (unpaired) electrons. The van der Waals surface area contributed by atoms with Crippen LogP contribution in [0.4, 0.5) is 0 Å². The van der Waals surface area contributed by atoms with Gasteiger partial charge in [0, 0.05) is 0 Å². The third kappa shape index (κ3) is 2.00. The van der Waals surface area contributed by atoms with Gasteiger partial charge in [-0.1, -0.05) is 41.5 Å². The van der Waals surface area contributed by atoms with Gasteiger partial charge in [-0.15, -0.1) is 0 Å². The molecule has 0 aromatic carbocycles. The molecular weight excluding hydrogens is 180 g/mol. The predicted molar refractivity (Wildman–Crippen MR) is 62.1 cm³/mol. The fraction of sp³-hybridized carbons (Fsp3) is 1.00. The first kappa shape index (κ1) is 12.4. The minimum absolute atomic E-state index is 0.745. The van der Waals surface area contributed by atoms with Crippen LogP contribution in [-0.2, 0) is 4.12 Å². The summed E-state index contributed by atoms with van der Waals surface area (Å²) in [5.41, 5.74) is 2.24. The van der Waals surface area contributed by atoms with Gasteiger partial charge in [-0.2, -0.15) is 0 Å². The molecule has 0 bridgehead atoms. The summed E-state index contributed by atoms with van der Waals surface area (Å²) in [6.45, 7) is 13.9. The lowest BCUT2D eigenvalue weighted by atomic mass is 10.5. The second kappa shape index (κ2) is 4.58. The maximum absolute atomic E-state index is 6.00. The number of rotatable bonds is 4. The Balaban J connectivity index is 4.77. The first-order valence-electron chi connectivity index (χ1n) is 4.94. The summed E-state index contributed by atoms with van der Waals surface area (Å²) in [5.74, 6) is 0. The Labute approximate surface area is 81.6 Å². The van der Waals surface area contributed by atoms with Crippen molar-refractivity contribution in [1.29, 1.82) is 0 Å². The normalized spacial score (nSPS) is 13.8. The van der Waals surface area contributed by atoms with Crippen LogP contribution in [0.3, 0.4) is 0 Å². The van der Waals surface area contributed by atoms with Gasteiger partial charge in [-0.05, 0) is 16.6 Å². The van der Waals surface area contributed by atoms with E-state index in [0.717, 1.165) is 27.1 Å². The van der Waals surface area contributed by atoms with E-state index in [9.17, 15) is 0 Å². The molecule has 0 aromatic heterocycles. The predicted octanol–water partition coefficient (Wildman–Crippen LogP) is 2.46. The maximum Gasteiger partial charge on any atom is 0.186 e. The van der Waals surface area contributed by atoms with E-state index in [0.29, 0.717) is 0 Å². The van der Waals surface area contributed by atoms with E-state index < -0.39 is 8.32 Å². The van der Waals surface area contributed by atoms with Gasteiger partial charge in [0.2, 0.25) is 0 Å². The lowest BCUT2D eigenvalue weighted by molar-refractivity contribution is 0.519. The standard InChI is InChI=1S/C9H24OSi2/c1-7(2)12(10-11,8(3)4)9(5)6/h7-9H,1-6,11H3. The molecule has 12 heavy (non-hydrogen) atoms. The molecule has 0 N–H and O–H groups in total. The Morgan fingerprint density at radius 2 is 1.08 bits per heavy atom. The van der Waals surface area contributed by atoms with Crippen molar-refractivity contribution in [3.63, 3.8) is 0 Å². The summed E-state index contributed by atoms with van der Waals surface area (Å²) >= 11 is 0. The van der Waals surface area contributed by atoms with Gasteiger partial charge in [0.1, 0.15) is 10.5 Å². The molecule has 0 aliphatic heterocycles. The molecule has 0 aliphatic rings. The third-order valence-corrected chi connectivity index (χ3v) is 11.3. The van der Waals surface area contributed by atoms with Crippen LogP contribution in [-0.4, -0.2) is 18.8 Å². The van der Waals surface area contributed by atoms with Gasteiger partial charge >= 0.3 is 0 Å². The van der Waals surface area contributed by atoms with E-state index in [4.69, 9.17) is 4.12 Å². The second-order valence-electron chi connectivity index (χ2n) is 4.52. The van der Waals surface area contributed by atoms with Crippen LogP contribution in [0.1, 0.15) is 41.5 Å². The van der Waals surface area contributed by atoms with Gasteiger partial charge in [0.05, 0.1) is 0 Å². The molecule has 0 saturated carbocycles. The zero-order valence-electron chi connectivity index (χ0n) is 9.64. The van der Waals surface area contributed by atoms with Gasteiger partial charge in [0.15, 0.2) is 8.32 Å². The third-order valence-electron chi connectivity index (χ3n) is 3.06. The molecular formula is C9H24OSi2. The van der Waals surface area contributed by atoms with Gasteiger partial charge in [-0.25, -0.2) is 0 Å². The molecule has 74 valence electrons. The van der Waals surface area contributed by atoms with E-state index in [1.807, 2.05) is 0 Å². The fourth-order valence-electron chi connectivity index (χ4n) is 2.71. The van der Waals surface area contributed by atoms with Crippen LogP contribution in [0.5, 0.6) is 0 Å². The zero-order chi connectivity index (χ0) is 9.94. The highest BCUT2D eigenvalue weighted by Crippen LogP contribution is 2.41. The molecule has 0 aromatic rings. The monoisotopic (exact) mass is 204 g/mol. The minimum atomic E-state index is -1.44. The molecule has 0 rings (SSSR count). The minimum Gasteiger partial charge on any atom is -0.463 e. The Kier molecular flexibility index (Phi) is 4.73. The average molecular weight is 204 g/mol. The summed E-state index contributed by atoms with van der Waals surface area (Å²) in [4.78, 5) is 0. The first-order valence-corrected chi connectivity index (χ1v) is 7.90. The van der Waals surface area contributed by atoms with Crippen molar-refractivity contribution in [1.82, 2.24) is 0 Å². The summed E-state index contributed by atoms with van der Waals surface area (Å²) in [6.07, 6.45) is 0. The molecule has 1 nitrogen and oxygen atoms in total. The van der Waals surface area contributed by atoms with E-state index >= 15 is 0 Å². The van der Waals surface area contributed by atoms with Crippen LogP contribution in [0.15, 0.2) is 0 Å². The highest BCUT2D eigenvalue weighted by atomic mass is 28.4. The lowest BCUT2D eigenvalue weighted by Gasteiger charge is -2.41. The van der Waals surface area contributed by atoms with Crippen LogP contribution in [0.25, 0.3) is 0 Å². The van der Waals surface area contributed by atoms with Crippen molar-refractivity contribution < 1.29 is 4.12 Å². The van der Waals surface area contributed by atoms with Crippen molar-refractivity contribution in [3.8, 4) is 0 Å². The molecule has 0 unspecified atom stereocenters. The highest BCUT2D eigenvalue weighted by molar-refractivity contribution is 6.79. The van der Waals surface area contributed by atoms with Crippen molar-refractivity contribution in [2.24, 2.45) is 0 Å². The molecule has 0 atom stereocenters. The van der Waals surface area contributed by atoms with Crippen molar-refractivity contribution in [2.75, 3.05) is 0 Å². The van der Waals surface area contributed by atoms with E-state index in [1.165, 1.54) is 0 Å². The Hall–Kier alpha value is 0.394. The van der Waals surface area contributed by atoms with Crippen molar-refractivity contribution in [2.45, 2.75) is 58.2 Å². The second-order valence-corrected chi connectivity index (χ2v) is 11.3. The average Bonchev–Trinajstić information content (AvgIpc) is 1.86. The maximum atomic E-state index is 6.00. The Morgan fingerprint density at radius 3 is 1.08 bits per heavy atom. The summed E-state index contributed by atoms with van der Waals surface area (Å²) in [6, 6.07) is 0. The van der Waals surface area contributed by atoms with E-state index in [-0.39, 0.29) is 0 Å². The topological polar surface area (TPSA) is 9.23 Å². The highest BCUT2D eigenvalue weighted by Gasteiger charge is 2.43. The van der Waals surface area contributed by atoms with E-state index in [1.54, 1.807) is 0 Å². The fourth-order valence-corrected chi connectivity index (χ4v) is 12.4. The Morgan fingerprint density at radius 1 is 0.833 bits per heavy atom. The summed E-state index contributed by atoms with van der Waals surface area (Å²) in [5, 5.41) is 0. The number of hydrogen-bond donors (Lipinski definition) is 0. The molecule has 0 aliphatic carbocycles. The molecule has 0 saturated heterocycles. The molecule has 0 heterocycles. The van der Waals surface area contributed by atoms with E-state index in [2.05, 4.69) is 41.5 Å². The smallest absolute Gasteiger partial charge is 0.186 e. The van der Waals surface area contributed by atoms with Gasteiger partial charge in [0.25, 0.3) is 0 Å². The van der Waals surface area contributed by atoms with Crippen LogP contribution < -0.4 is 0 Å². The van der Waals surface area contributed by atoms with Gasteiger partial charge in [-0.3, -0.25) is 0 Å². The molecule has 0 spiro atoms. The Bertz CT molecular complexity index is 111. The lowest BCUT2D eigenvalue weighted by Crippen LogP contribution is -2.47. The summed E-state index contributed by atoms with van der Waals surface area (Å²) < 4.78 is 6.00. The molecule has 0 fully saturated rings. The quantitative estimate of drug-likeness (QED) is 0.639. The van der Waals surface area contributed by atoms with Crippen molar-refractivity contribution >= 4 is 18.8 Å². The van der Waals surface area contributed by atoms with Crippen molar-refractivity contribution in [3.05, 3.63) is 0 Å². The summed E-state index contributed by atoms with van der Waals surface area (Å²) in [7, 11) is -0.538. The molecule has 3 heteroatoms. The van der Waals surface area contributed by atoms with Crippen LogP contribution in [0, 0.1) is 0 Å². The van der Waals surface area contributed by atoms with Gasteiger partial charge < -0.3 is 4.12 Å². The SMILES string of the molecule is CC(C)[Si](O[SiH3])(C(C)C)C(C)C. The van der Waals surface area contributed by atoms with Crippen LogP contribution >= 0.6 is 0 Å². The first-order chi connectivity index (χ1) is 5.39. The molecule has 0 amide bonds. The van der Waals surface area contributed by atoms with Crippen LogP contribution in [0.2, 0.25) is 16.6 Å². The zero-order valence-corrected chi connectivity index (χ0v) is 12.6. The largest absolute Gasteiger partial charge is 0.463 e. The number of hydrogen-bond acceptors (Lipinski definition) is 1.